The Hall–Kier alpha value is -3.07. The van der Waals surface area contributed by atoms with Crippen molar-refractivity contribution in [1.82, 2.24) is 14.9 Å². The second-order valence-corrected chi connectivity index (χ2v) is 8.52. The van der Waals surface area contributed by atoms with Crippen molar-refractivity contribution in [2.24, 2.45) is 0 Å². The van der Waals surface area contributed by atoms with Crippen LogP contribution in [-0.4, -0.2) is 63.1 Å². The average molecular weight is 431 g/mol. The molecule has 1 atom stereocenters. The lowest BCUT2D eigenvalue weighted by Gasteiger charge is -2.34. The maximum atomic E-state index is 12.5. The number of rotatable bonds is 5. The van der Waals surface area contributed by atoms with Crippen LogP contribution in [0, 0.1) is 0 Å². The third-order valence-corrected chi connectivity index (χ3v) is 4.86. The lowest BCUT2D eigenvalue weighted by atomic mass is 9.93. The normalized spacial score (nSPS) is 16.8. The van der Waals surface area contributed by atoms with E-state index >= 15 is 0 Å². The quantitative estimate of drug-likeness (QED) is 0.660. The third kappa shape index (κ3) is 5.75. The molecule has 1 saturated heterocycles. The monoisotopic (exact) mass is 430 g/mol. The van der Waals surface area contributed by atoms with E-state index in [2.05, 4.69) is 9.97 Å². The fourth-order valence-electron chi connectivity index (χ4n) is 3.59. The lowest BCUT2D eigenvalue weighted by molar-refractivity contribution is 0.0197. The molecule has 3 rings (SSSR count). The maximum absolute atomic E-state index is 12.5. The van der Waals surface area contributed by atoms with Crippen molar-refractivity contribution in [3.8, 4) is 22.8 Å². The van der Waals surface area contributed by atoms with Gasteiger partial charge in [-0.1, -0.05) is 6.07 Å². The third-order valence-electron chi connectivity index (χ3n) is 4.86. The summed E-state index contributed by atoms with van der Waals surface area (Å²) >= 11 is 0. The lowest BCUT2D eigenvalue weighted by Crippen LogP contribution is -2.42. The summed E-state index contributed by atoms with van der Waals surface area (Å²) in [6, 6.07) is 6.63. The number of aliphatic hydroxyl groups is 1. The molecule has 1 amide bonds. The van der Waals surface area contributed by atoms with Gasteiger partial charge < -0.3 is 30.3 Å². The summed E-state index contributed by atoms with van der Waals surface area (Å²) in [5, 5.41) is 19.5. The number of anilines is 1. The Balaban J connectivity index is 1.89. The molecule has 1 unspecified atom stereocenters. The number of carbonyl (C=O) groups excluding carboxylic acids is 1. The number of nitrogens with zero attached hydrogens (tertiary/aromatic N) is 3. The van der Waals surface area contributed by atoms with Crippen LogP contribution in [0.15, 0.2) is 24.3 Å². The molecule has 0 bridgehead atoms. The smallest absolute Gasteiger partial charge is 0.410 e. The van der Waals surface area contributed by atoms with Crippen molar-refractivity contribution < 1.29 is 24.5 Å². The van der Waals surface area contributed by atoms with Crippen LogP contribution in [0.2, 0.25) is 0 Å². The Kier molecular flexibility index (Phi) is 6.84. The number of aromatic hydroxyl groups is 1. The van der Waals surface area contributed by atoms with E-state index in [1.165, 1.54) is 6.07 Å². The number of phenols is 1. The van der Waals surface area contributed by atoms with Crippen LogP contribution in [0.1, 0.15) is 45.2 Å². The number of likely N-dealkylation sites (tertiary alicyclic amines) is 1. The molecule has 1 aliphatic rings. The second kappa shape index (κ2) is 9.38. The number of amides is 1. The summed E-state index contributed by atoms with van der Waals surface area (Å²) in [5.74, 6) is 0.395. The van der Waals surface area contributed by atoms with Crippen LogP contribution in [0.25, 0.3) is 11.3 Å². The number of ether oxygens (including phenoxy) is 2. The van der Waals surface area contributed by atoms with Gasteiger partial charge in [0.05, 0.1) is 23.6 Å². The number of carbonyl (C=O) groups is 1. The number of aromatic nitrogens is 2. The molecular weight excluding hydrogens is 400 g/mol. The van der Waals surface area contributed by atoms with Crippen molar-refractivity contribution in [1.29, 1.82) is 0 Å². The van der Waals surface area contributed by atoms with Crippen LogP contribution < -0.4 is 10.5 Å². The van der Waals surface area contributed by atoms with E-state index in [0.29, 0.717) is 35.8 Å². The number of nitrogens with two attached hydrogens (primary N) is 1. The van der Waals surface area contributed by atoms with Crippen LogP contribution in [0.5, 0.6) is 11.5 Å². The van der Waals surface area contributed by atoms with E-state index in [0.717, 1.165) is 12.8 Å². The Morgan fingerprint density at radius 2 is 2.10 bits per heavy atom. The van der Waals surface area contributed by atoms with Crippen LogP contribution >= 0.6 is 0 Å². The zero-order chi connectivity index (χ0) is 22.6. The standard InChI is InChI=1S/C22H30N4O5/c1-22(2,3)31-21(29)26-9-5-6-14(13-26)15-12-16(25-20(23)24-15)19-17(28)7-4-8-18(19)30-11-10-27/h4,7-8,12,14,27-28H,5-6,9-11,13H2,1-3H3,(H2,23,24,25). The molecule has 1 fully saturated rings. The van der Waals surface area contributed by atoms with Crippen LogP contribution in [0.3, 0.4) is 0 Å². The van der Waals surface area contributed by atoms with Crippen molar-refractivity contribution in [2.45, 2.75) is 45.1 Å². The summed E-state index contributed by atoms with van der Waals surface area (Å²) in [5.41, 5.74) is 6.92. The Labute approximate surface area is 181 Å². The summed E-state index contributed by atoms with van der Waals surface area (Å²) < 4.78 is 11.1. The zero-order valence-electron chi connectivity index (χ0n) is 18.2. The molecule has 9 nitrogen and oxygen atoms in total. The molecule has 0 aliphatic carbocycles. The highest BCUT2D eigenvalue weighted by atomic mass is 16.6. The molecule has 2 heterocycles. The van der Waals surface area contributed by atoms with Gasteiger partial charge in [0.2, 0.25) is 5.95 Å². The van der Waals surface area contributed by atoms with Crippen molar-refractivity contribution >= 4 is 12.0 Å². The van der Waals surface area contributed by atoms with Gasteiger partial charge in [0, 0.05) is 19.0 Å². The Morgan fingerprint density at radius 1 is 1.32 bits per heavy atom. The highest BCUT2D eigenvalue weighted by Gasteiger charge is 2.29. The Bertz CT molecular complexity index is 929. The van der Waals surface area contributed by atoms with Crippen molar-refractivity contribution in [2.75, 3.05) is 32.0 Å². The number of piperidine rings is 1. The SMILES string of the molecule is CC(C)(C)OC(=O)N1CCCC(c2cc(-c3c(O)cccc3OCCO)nc(N)n2)C1. The number of hydrogen-bond donors (Lipinski definition) is 3. The Morgan fingerprint density at radius 3 is 2.81 bits per heavy atom. The number of hydrogen-bond acceptors (Lipinski definition) is 8. The summed E-state index contributed by atoms with van der Waals surface area (Å²) in [6.45, 7) is 6.52. The van der Waals surface area contributed by atoms with Gasteiger partial charge in [0.15, 0.2) is 0 Å². The molecule has 2 aromatic rings. The van der Waals surface area contributed by atoms with Crippen LogP contribution in [-0.2, 0) is 4.74 Å². The summed E-state index contributed by atoms with van der Waals surface area (Å²) in [7, 11) is 0. The van der Waals surface area contributed by atoms with E-state index in [1.54, 1.807) is 23.1 Å². The number of benzene rings is 1. The predicted molar refractivity (Wildman–Crippen MR) is 116 cm³/mol. The zero-order valence-corrected chi connectivity index (χ0v) is 18.2. The van der Waals surface area contributed by atoms with Gasteiger partial charge in [-0.15, -0.1) is 0 Å². The first-order valence-corrected chi connectivity index (χ1v) is 10.4. The molecule has 0 saturated carbocycles. The molecule has 9 heteroatoms. The van der Waals surface area contributed by atoms with Gasteiger partial charge >= 0.3 is 6.09 Å². The fourth-order valence-corrected chi connectivity index (χ4v) is 3.59. The molecule has 1 aromatic heterocycles. The minimum atomic E-state index is -0.563. The fraction of sp³-hybridized carbons (Fsp3) is 0.500. The van der Waals surface area contributed by atoms with E-state index in [9.17, 15) is 9.90 Å². The second-order valence-electron chi connectivity index (χ2n) is 8.52. The molecule has 31 heavy (non-hydrogen) atoms. The van der Waals surface area contributed by atoms with E-state index < -0.39 is 5.60 Å². The minimum Gasteiger partial charge on any atom is -0.507 e. The van der Waals surface area contributed by atoms with Gasteiger partial charge in [-0.3, -0.25) is 0 Å². The van der Waals surface area contributed by atoms with E-state index in [-0.39, 0.29) is 36.9 Å². The van der Waals surface area contributed by atoms with E-state index in [1.807, 2.05) is 20.8 Å². The largest absolute Gasteiger partial charge is 0.507 e. The molecule has 1 aliphatic heterocycles. The van der Waals surface area contributed by atoms with Gasteiger partial charge in [-0.05, 0) is 51.8 Å². The molecule has 168 valence electrons. The number of aliphatic hydroxyl groups excluding tert-OH is 1. The molecule has 1 aromatic carbocycles. The maximum Gasteiger partial charge on any atom is 0.410 e. The first-order valence-electron chi connectivity index (χ1n) is 10.4. The molecule has 0 radical (unpaired) electrons. The van der Waals surface area contributed by atoms with Crippen LogP contribution in [0.4, 0.5) is 10.7 Å². The molecule has 4 N–H and O–H groups in total. The first kappa shape index (κ1) is 22.6. The van der Waals surface area contributed by atoms with Gasteiger partial charge in [-0.2, -0.15) is 0 Å². The predicted octanol–water partition coefficient (Wildman–Crippen LogP) is 2.92. The van der Waals surface area contributed by atoms with Gasteiger partial charge in [0.25, 0.3) is 0 Å². The molecular formula is C22H30N4O5. The van der Waals surface area contributed by atoms with Crippen molar-refractivity contribution in [3.05, 3.63) is 30.0 Å². The average Bonchev–Trinajstić information content (AvgIpc) is 2.70. The highest BCUT2D eigenvalue weighted by Crippen LogP contribution is 2.38. The van der Waals surface area contributed by atoms with Gasteiger partial charge in [0.1, 0.15) is 23.7 Å². The number of phenolic OH excluding ortho intramolecular Hbond substituents is 1. The topological polar surface area (TPSA) is 131 Å². The minimum absolute atomic E-state index is 0.0153. The highest BCUT2D eigenvalue weighted by molar-refractivity contribution is 5.74. The van der Waals surface area contributed by atoms with E-state index in [4.69, 9.17) is 20.3 Å². The first-order chi connectivity index (χ1) is 14.7. The summed E-state index contributed by atoms with van der Waals surface area (Å²) in [6.07, 6.45) is 1.30. The summed E-state index contributed by atoms with van der Waals surface area (Å²) in [4.78, 5) is 22.9. The molecule has 0 spiro atoms. The van der Waals surface area contributed by atoms with Gasteiger partial charge in [-0.25, -0.2) is 14.8 Å². The van der Waals surface area contributed by atoms with Crippen molar-refractivity contribution in [3.63, 3.8) is 0 Å². The number of nitrogen functional groups attached to an aromatic ring is 1.